The van der Waals surface area contributed by atoms with Crippen LogP contribution in [-0.2, 0) is 10.3 Å². The molecule has 1 unspecified atom stereocenters. The van der Waals surface area contributed by atoms with Gasteiger partial charge in [0.05, 0.1) is 5.56 Å². The number of benzene rings is 5. The molecule has 7 rings (SSSR count). The first-order valence-corrected chi connectivity index (χ1v) is 13.9. The summed E-state index contributed by atoms with van der Waals surface area (Å²) in [5.41, 5.74) is 7.91. The molecule has 0 bridgehead atoms. The third kappa shape index (κ3) is 4.13. The maximum atomic E-state index is 13.3. The fourth-order valence-corrected chi connectivity index (χ4v) is 5.83. The van der Waals surface area contributed by atoms with Crippen molar-refractivity contribution in [2.45, 2.75) is 32.3 Å². The van der Waals surface area contributed by atoms with Crippen LogP contribution in [0.2, 0.25) is 0 Å². The normalized spacial score (nSPS) is 16.4. The summed E-state index contributed by atoms with van der Waals surface area (Å²) in [6.07, 6.45) is 0. The zero-order valence-electron chi connectivity index (χ0n) is 23.2. The number of carbonyl (C=O) groups excluding carboxylic acids is 1. The molecule has 5 aromatic carbocycles. The van der Waals surface area contributed by atoms with Gasteiger partial charge in [-0.2, -0.15) is 0 Å². The van der Waals surface area contributed by atoms with Gasteiger partial charge in [-0.25, -0.2) is 4.79 Å². The summed E-state index contributed by atoms with van der Waals surface area (Å²) in [6.45, 7) is 6.43. The maximum absolute atomic E-state index is 13.3. The molecule has 0 saturated carbocycles. The molecule has 2 aliphatic heterocycles. The molecule has 1 atom stereocenters. The number of nitrogens with one attached hydrogen (secondary N) is 2. The van der Waals surface area contributed by atoms with Crippen LogP contribution in [0, 0.1) is 6.92 Å². The van der Waals surface area contributed by atoms with Gasteiger partial charge >= 0.3 is 5.97 Å². The van der Waals surface area contributed by atoms with Crippen LogP contribution in [-0.4, -0.2) is 5.97 Å². The van der Waals surface area contributed by atoms with E-state index in [9.17, 15) is 4.79 Å². The van der Waals surface area contributed by atoms with Crippen LogP contribution in [0.25, 0.3) is 0 Å². The van der Waals surface area contributed by atoms with Crippen molar-refractivity contribution in [2.24, 2.45) is 0 Å². The van der Waals surface area contributed by atoms with E-state index >= 15 is 0 Å². The number of anilines is 4. The van der Waals surface area contributed by atoms with Crippen LogP contribution in [0.1, 0.15) is 57.9 Å². The topological polar surface area (TPSA) is 59.6 Å². The summed E-state index contributed by atoms with van der Waals surface area (Å²) in [5.74, 6) is 1.43. The van der Waals surface area contributed by atoms with Crippen molar-refractivity contribution >= 4 is 28.7 Å². The van der Waals surface area contributed by atoms with Gasteiger partial charge in [0.2, 0.25) is 0 Å². The van der Waals surface area contributed by atoms with Crippen molar-refractivity contribution < 1.29 is 14.3 Å². The molecule has 0 aromatic heterocycles. The van der Waals surface area contributed by atoms with Gasteiger partial charge in [0, 0.05) is 45.5 Å². The number of aryl methyl sites for hydroxylation is 1. The Kier molecular flexibility index (Phi) is 5.82. The predicted molar refractivity (Wildman–Crippen MR) is 163 cm³/mol. The Morgan fingerprint density at radius 2 is 1.34 bits per heavy atom. The number of esters is 1. The molecule has 41 heavy (non-hydrogen) atoms. The minimum atomic E-state index is -1.13. The molecule has 0 radical (unpaired) electrons. The van der Waals surface area contributed by atoms with Crippen molar-refractivity contribution in [1.29, 1.82) is 0 Å². The lowest BCUT2D eigenvalue weighted by atomic mass is 9.77. The van der Waals surface area contributed by atoms with E-state index in [-0.39, 0.29) is 5.97 Å². The summed E-state index contributed by atoms with van der Waals surface area (Å²) in [4.78, 5) is 13.3. The average Bonchev–Trinajstić information content (AvgIpc) is 3.27. The first-order chi connectivity index (χ1) is 19.9. The second-order valence-corrected chi connectivity index (χ2v) is 11.0. The molecule has 5 aromatic rings. The monoisotopic (exact) mass is 538 g/mol. The van der Waals surface area contributed by atoms with E-state index in [0.717, 1.165) is 45.0 Å². The van der Waals surface area contributed by atoms with Crippen molar-refractivity contribution in [1.82, 2.24) is 0 Å². The van der Waals surface area contributed by atoms with Crippen LogP contribution in [0.4, 0.5) is 22.7 Å². The van der Waals surface area contributed by atoms with Crippen molar-refractivity contribution in [3.8, 4) is 11.5 Å². The molecule has 1 spiro atoms. The highest BCUT2D eigenvalue weighted by molar-refractivity contribution is 5.97. The number of carbonyl (C=O) groups is 1. The Balaban J connectivity index is 1.36. The Hall–Kier alpha value is -5.03. The van der Waals surface area contributed by atoms with E-state index in [1.54, 1.807) is 0 Å². The Morgan fingerprint density at radius 1 is 0.659 bits per heavy atom. The predicted octanol–water partition coefficient (Wildman–Crippen LogP) is 9.17. The lowest BCUT2D eigenvalue weighted by molar-refractivity contribution is 0.0224. The van der Waals surface area contributed by atoms with Gasteiger partial charge in [-0.1, -0.05) is 62.4 Å². The average molecular weight is 539 g/mol. The quantitative estimate of drug-likeness (QED) is 0.219. The number of fused-ring (bicyclic) bond motifs is 6. The van der Waals surface area contributed by atoms with Crippen LogP contribution in [0.15, 0.2) is 109 Å². The van der Waals surface area contributed by atoms with E-state index in [4.69, 9.17) is 9.47 Å². The molecule has 2 aliphatic rings. The first-order valence-electron chi connectivity index (χ1n) is 13.9. The van der Waals surface area contributed by atoms with Crippen LogP contribution in [0.5, 0.6) is 11.5 Å². The highest BCUT2D eigenvalue weighted by Crippen LogP contribution is 2.57. The molecule has 0 fully saturated rings. The highest BCUT2D eigenvalue weighted by Gasteiger charge is 2.53. The third-order valence-corrected chi connectivity index (χ3v) is 7.98. The second kappa shape index (κ2) is 9.56. The molecule has 5 nitrogen and oxygen atoms in total. The van der Waals surface area contributed by atoms with Gasteiger partial charge in [0.15, 0.2) is 5.60 Å². The summed E-state index contributed by atoms with van der Waals surface area (Å²) in [6, 6.07) is 36.2. The van der Waals surface area contributed by atoms with Gasteiger partial charge in [-0.3, -0.25) is 0 Å². The highest BCUT2D eigenvalue weighted by atomic mass is 16.6. The molecule has 5 heteroatoms. The lowest BCUT2D eigenvalue weighted by Gasteiger charge is -2.37. The van der Waals surface area contributed by atoms with Gasteiger partial charge in [-0.05, 0) is 78.6 Å². The van der Waals surface area contributed by atoms with Crippen molar-refractivity contribution in [2.75, 3.05) is 10.6 Å². The maximum Gasteiger partial charge on any atom is 0.340 e. The number of rotatable bonds is 5. The Labute approximate surface area is 239 Å². The molecule has 202 valence electrons. The lowest BCUT2D eigenvalue weighted by Crippen LogP contribution is -2.33. The largest absolute Gasteiger partial charge is 0.456 e. The Bertz CT molecular complexity index is 1790. The molecule has 0 amide bonds. The van der Waals surface area contributed by atoms with Crippen LogP contribution in [0.3, 0.4) is 0 Å². The number of para-hydroxylation sites is 1. The van der Waals surface area contributed by atoms with E-state index in [2.05, 4.69) is 61.7 Å². The van der Waals surface area contributed by atoms with Crippen LogP contribution >= 0.6 is 0 Å². The number of hydrogen-bond acceptors (Lipinski definition) is 5. The summed E-state index contributed by atoms with van der Waals surface area (Å²) < 4.78 is 13.0. The van der Waals surface area contributed by atoms with Crippen molar-refractivity contribution in [3.05, 3.63) is 143 Å². The van der Waals surface area contributed by atoms with E-state index in [1.807, 2.05) is 78.9 Å². The summed E-state index contributed by atoms with van der Waals surface area (Å²) in [5, 5.41) is 7.03. The zero-order chi connectivity index (χ0) is 28.1. The first kappa shape index (κ1) is 25.0. The van der Waals surface area contributed by atoms with Gasteiger partial charge in [-0.15, -0.1) is 0 Å². The van der Waals surface area contributed by atoms with E-state index < -0.39 is 5.60 Å². The standard InChI is InChI=1S/C36H30N2O3/c1-22(2)24-13-15-26(16-14-24)38-32-21-31-33(19-23(32)3)40-34-20-27(37-25-9-5-4-6-10-25)17-18-30(34)36(31)29-12-8-7-11-28(29)35(39)41-36/h4-22,37-38H,1-3H3. The fraction of sp³-hybridized carbons (Fsp3) is 0.139. The number of ether oxygens (including phenoxy) is 2. The van der Waals surface area contributed by atoms with Gasteiger partial charge in [0.25, 0.3) is 0 Å². The molecular weight excluding hydrogens is 508 g/mol. The zero-order valence-corrected chi connectivity index (χ0v) is 23.2. The van der Waals surface area contributed by atoms with E-state index in [1.165, 1.54) is 5.56 Å². The second-order valence-electron chi connectivity index (χ2n) is 11.0. The minimum Gasteiger partial charge on any atom is -0.456 e. The molecule has 2 heterocycles. The molecular formula is C36H30N2O3. The van der Waals surface area contributed by atoms with E-state index in [0.29, 0.717) is 23.0 Å². The third-order valence-electron chi connectivity index (χ3n) is 7.98. The van der Waals surface area contributed by atoms with Crippen molar-refractivity contribution in [3.63, 3.8) is 0 Å². The van der Waals surface area contributed by atoms with Gasteiger partial charge < -0.3 is 20.1 Å². The SMILES string of the molecule is Cc1cc2c(cc1Nc1ccc(C(C)C)cc1)C1(OC(=O)c3ccccc31)c1ccc(Nc3ccccc3)cc1O2. The van der Waals surface area contributed by atoms with Crippen LogP contribution < -0.4 is 15.4 Å². The molecule has 0 aliphatic carbocycles. The molecule has 0 saturated heterocycles. The summed E-state index contributed by atoms with van der Waals surface area (Å²) >= 11 is 0. The summed E-state index contributed by atoms with van der Waals surface area (Å²) in [7, 11) is 0. The number of hydrogen-bond donors (Lipinski definition) is 2. The smallest absolute Gasteiger partial charge is 0.340 e. The molecule has 2 N–H and O–H groups in total. The Morgan fingerprint density at radius 3 is 2.12 bits per heavy atom. The van der Waals surface area contributed by atoms with Gasteiger partial charge in [0.1, 0.15) is 11.5 Å². The fourth-order valence-electron chi connectivity index (χ4n) is 5.83. The minimum absolute atomic E-state index is 0.342.